The van der Waals surface area contributed by atoms with Gasteiger partial charge in [-0.25, -0.2) is 0 Å². The molecule has 6 nitrogen and oxygen atoms in total. The summed E-state index contributed by atoms with van der Waals surface area (Å²) in [6.45, 7) is 21.9. The molecule has 230 valence electrons. The lowest BCUT2D eigenvalue weighted by Gasteiger charge is -2.35. The molecule has 1 heterocycles. The van der Waals surface area contributed by atoms with Gasteiger partial charge in [-0.1, -0.05) is 117 Å². The van der Waals surface area contributed by atoms with Gasteiger partial charge in [0.05, 0.1) is 11.6 Å². The number of nitrogens with one attached hydrogen (secondary N) is 1. The van der Waals surface area contributed by atoms with Crippen molar-refractivity contribution < 1.29 is 4.79 Å². The standard InChI is InChI=1S/C27H35N3.C3H9N.2C2H6.CH3NO/c1-5-17-27(3,4)26(28)20(2)30-25(16-15-21-11-7-6-8-12-21)23-18-22-13-9-10-14-24(22)29-19-23;1-2-3-4;2*1-2;2-1-3/h6-14,18-19,25-26,30H,2,5,15-17,28H2,1,3-4H3;2-4H2,1H3;2*1-2H3;1H,(H2,2,3). The number of amides is 1. The highest BCUT2D eigenvalue weighted by Gasteiger charge is 2.29. The topological polar surface area (TPSA) is 120 Å². The van der Waals surface area contributed by atoms with E-state index in [1.165, 1.54) is 11.1 Å². The third-order valence-electron chi connectivity index (χ3n) is 6.34. The molecule has 1 amide bonds. The number of para-hydroxylation sites is 1. The van der Waals surface area contributed by atoms with Gasteiger partial charge in [-0.05, 0) is 60.9 Å². The van der Waals surface area contributed by atoms with Crippen molar-refractivity contribution in [2.75, 3.05) is 6.54 Å². The molecule has 0 spiro atoms. The van der Waals surface area contributed by atoms with E-state index in [0.717, 1.165) is 55.2 Å². The predicted octanol–water partition coefficient (Wildman–Crippen LogP) is 7.67. The Labute approximate surface area is 251 Å². The maximum Gasteiger partial charge on any atom is 0.204 e. The molecule has 2 unspecified atom stereocenters. The summed E-state index contributed by atoms with van der Waals surface area (Å²) in [5.74, 6) is 0. The Morgan fingerprint density at radius 2 is 1.54 bits per heavy atom. The second kappa shape index (κ2) is 24.6. The molecule has 2 aromatic carbocycles. The van der Waals surface area contributed by atoms with Crippen molar-refractivity contribution in [1.82, 2.24) is 10.3 Å². The monoisotopic (exact) mass is 565 g/mol. The first-order chi connectivity index (χ1) is 19.7. The minimum atomic E-state index is -0.106. The van der Waals surface area contributed by atoms with Gasteiger partial charge >= 0.3 is 0 Å². The van der Waals surface area contributed by atoms with Crippen LogP contribution in [0.25, 0.3) is 10.9 Å². The van der Waals surface area contributed by atoms with Crippen LogP contribution >= 0.6 is 0 Å². The van der Waals surface area contributed by atoms with E-state index >= 15 is 0 Å². The van der Waals surface area contributed by atoms with Gasteiger partial charge in [-0.2, -0.15) is 0 Å². The molecule has 3 aromatic rings. The minimum Gasteiger partial charge on any atom is -0.381 e. The van der Waals surface area contributed by atoms with E-state index in [1.807, 2.05) is 46.0 Å². The first-order valence-corrected chi connectivity index (χ1v) is 15.2. The van der Waals surface area contributed by atoms with Crippen molar-refractivity contribution in [3.63, 3.8) is 0 Å². The third kappa shape index (κ3) is 16.0. The van der Waals surface area contributed by atoms with Gasteiger partial charge in [0.1, 0.15) is 0 Å². The molecular weight excluding hydrogens is 506 g/mol. The van der Waals surface area contributed by atoms with E-state index in [0.29, 0.717) is 0 Å². The van der Waals surface area contributed by atoms with Gasteiger partial charge in [0.2, 0.25) is 6.41 Å². The van der Waals surface area contributed by atoms with Crippen LogP contribution in [0.4, 0.5) is 0 Å². The Morgan fingerprint density at radius 3 is 2.07 bits per heavy atom. The summed E-state index contributed by atoms with van der Waals surface area (Å²) in [7, 11) is 0. The van der Waals surface area contributed by atoms with E-state index < -0.39 is 0 Å². The van der Waals surface area contributed by atoms with Crippen LogP contribution in [0, 0.1) is 5.41 Å². The fraction of sp³-hybridized carbons (Fsp3) is 0.486. The van der Waals surface area contributed by atoms with Crippen LogP contribution < -0.4 is 22.5 Å². The van der Waals surface area contributed by atoms with Crippen LogP contribution in [-0.2, 0) is 11.2 Å². The Morgan fingerprint density at radius 1 is 1.00 bits per heavy atom. The van der Waals surface area contributed by atoms with Crippen LogP contribution in [0.15, 0.2) is 79.1 Å². The molecule has 0 fully saturated rings. The van der Waals surface area contributed by atoms with Gasteiger partial charge in [0.25, 0.3) is 0 Å². The van der Waals surface area contributed by atoms with Crippen molar-refractivity contribution in [3.8, 4) is 0 Å². The summed E-state index contributed by atoms with van der Waals surface area (Å²) in [5.41, 5.74) is 20.3. The molecule has 0 saturated heterocycles. The number of rotatable bonds is 11. The number of hydrogen-bond donors (Lipinski definition) is 4. The third-order valence-corrected chi connectivity index (χ3v) is 6.34. The number of hydrogen-bond acceptors (Lipinski definition) is 5. The highest BCUT2D eigenvalue weighted by molar-refractivity contribution is 5.78. The van der Waals surface area contributed by atoms with Crippen molar-refractivity contribution >= 4 is 17.3 Å². The zero-order chi connectivity index (χ0) is 31.7. The Bertz CT molecular complexity index is 1050. The summed E-state index contributed by atoms with van der Waals surface area (Å²) in [6, 6.07) is 21.1. The maximum absolute atomic E-state index is 8.58. The molecule has 1 aromatic heterocycles. The lowest BCUT2D eigenvalue weighted by atomic mass is 9.79. The minimum absolute atomic E-state index is 0.00441. The number of benzene rings is 2. The van der Waals surface area contributed by atoms with Crippen molar-refractivity contribution in [2.45, 2.75) is 99.6 Å². The number of nitrogens with two attached hydrogens (primary N) is 3. The maximum atomic E-state index is 8.58. The number of fused-ring (bicyclic) bond motifs is 1. The van der Waals surface area contributed by atoms with Crippen LogP contribution in [0.5, 0.6) is 0 Å². The molecular formula is C35H59N5O. The van der Waals surface area contributed by atoms with E-state index in [-0.39, 0.29) is 23.9 Å². The van der Waals surface area contributed by atoms with E-state index in [2.05, 4.69) is 98.8 Å². The molecule has 6 heteroatoms. The lowest BCUT2D eigenvalue weighted by molar-refractivity contribution is -0.106. The average molecular weight is 566 g/mol. The van der Waals surface area contributed by atoms with Gasteiger partial charge in [-0.15, -0.1) is 0 Å². The number of aromatic nitrogens is 1. The summed E-state index contributed by atoms with van der Waals surface area (Å²) in [6.07, 6.45) is 7.44. The molecule has 3 rings (SSSR count). The van der Waals surface area contributed by atoms with Crippen LogP contribution in [0.3, 0.4) is 0 Å². The fourth-order valence-corrected chi connectivity index (χ4v) is 4.14. The zero-order valence-corrected chi connectivity index (χ0v) is 27.1. The van der Waals surface area contributed by atoms with Crippen molar-refractivity contribution in [1.29, 1.82) is 0 Å². The molecule has 0 radical (unpaired) electrons. The molecule has 0 bridgehead atoms. The molecule has 41 heavy (non-hydrogen) atoms. The Hall–Kier alpha value is -3.22. The number of carbonyl (C=O) groups excluding carboxylic acids is 1. The smallest absolute Gasteiger partial charge is 0.204 e. The van der Waals surface area contributed by atoms with Gasteiger partial charge in [0.15, 0.2) is 0 Å². The van der Waals surface area contributed by atoms with Gasteiger partial charge < -0.3 is 22.5 Å². The SMILES string of the molecule is C=C(NC(CCc1ccccc1)c1cnc2ccccc2c1)C(N)C(C)(C)CCC.CC.CC.CCCN.NC=O. The zero-order valence-electron chi connectivity index (χ0n) is 27.1. The average Bonchev–Trinajstić information content (AvgIpc) is 3.01. The largest absolute Gasteiger partial charge is 0.381 e. The highest BCUT2D eigenvalue weighted by atomic mass is 16.1. The van der Waals surface area contributed by atoms with E-state index in [4.69, 9.17) is 16.3 Å². The quantitative estimate of drug-likeness (QED) is 0.178. The molecule has 0 aliphatic heterocycles. The first kappa shape index (κ1) is 39.9. The molecule has 0 aliphatic rings. The van der Waals surface area contributed by atoms with Crippen molar-refractivity contribution in [2.24, 2.45) is 22.6 Å². The lowest BCUT2D eigenvalue weighted by Crippen LogP contribution is -2.43. The van der Waals surface area contributed by atoms with E-state index in [9.17, 15) is 0 Å². The summed E-state index contributed by atoms with van der Waals surface area (Å²) in [5, 5.41) is 4.83. The van der Waals surface area contributed by atoms with Crippen LogP contribution in [0.2, 0.25) is 0 Å². The molecule has 2 atom stereocenters. The normalized spacial score (nSPS) is 11.4. The van der Waals surface area contributed by atoms with Crippen LogP contribution in [0.1, 0.15) is 98.2 Å². The fourth-order valence-electron chi connectivity index (χ4n) is 4.14. The first-order valence-electron chi connectivity index (χ1n) is 15.2. The second-order valence-electron chi connectivity index (χ2n) is 9.85. The number of primary amides is 1. The Balaban J connectivity index is 0. The Kier molecular flexibility index (Phi) is 23.9. The van der Waals surface area contributed by atoms with Crippen molar-refractivity contribution in [3.05, 3.63) is 90.3 Å². The summed E-state index contributed by atoms with van der Waals surface area (Å²) in [4.78, 5) is 13.3. The van der Waals surface area contributed by atoms with E-state index in [1.54, 1.807) is 0 Å². The number of aryl methyl sites for hydroxylation is 1. The number of carbonyl (C=O) groups is 1. The highest BCUT2D eigenvalue weighted by Crippen LogP contribution is 2.30. The molecule has 0 aliphatic carbocycles. The predicted molar refractivity (Wildman–Crippen MR) is 180 cm³/mol. The summed E-state index contributed by atoms with van der Waals surface area (Å²) < 4.78 is 0. The summed E-state index contributed by atoms with van der Waals surface area (Å²) >= 11 is 0. The molecule has 0 saturated carbocycles. The second-order valence-corrected chi connectivity index (χ2v) is 9.85. The number of pyridine rings is 1. The van der Waals surface area contributed by atoms with Crippen LogP contribution in [-0.4, -0.2) is 24.0 Å². The van der Waals surface area contributed by atoms with Gasteiger partial charge in [-0.3, -0.25) is 9.78 Å². The molecule has 7 N–H and O–H groups in total. The van der Waals surface area contributed by atoms with Gasteiger partial charge in [0, 0.05) is 23.3 Å². The number of nitrogens with zero attached hydrogens (tertiary/aromatic N) is 1.